The summed E-state index contributed by atoms with van der Waals surface area (Å²) in [6, 6.07) is 0.616. The van der Waals surface area contributed by atoms with Crippen molar-refractivity contribution in [3.8, 4) is 0 Å². The van der Waals surface area contributed by atoms with Crippen LogP contribution in [0.25, 0.3) is 0 Å². The van der Waals surface area contributed by atoms with E-state index in [1.807, 2.05) is 13.8 Å². The fourth-order valence-corrected chi connectivity index (χ4v) is 2.71. The molecule has 0 bridgehead atoms. The van der Waals surface area contributed by atoms with Gasteiger partial charge in [0, 0.05) is 12.6 Å². The first kappa shape index (κ1) is 12.8. The second-order valence-electron chi connectivity index (χ2n) is 5.80. The maximum atomic E-state index is 5.93. The van der Waals surface area contributed by atoms with Crippen LogP contribution in [0, 0.1) is 19.8 Å². The first-order valence-corrected chi connectivity index (χ1v) is 7.39. The predicted octanol–water partition coefficient (Wildman–Crippen LogP) is 2.11. The van der Waals surface area contributed by atoms with Crippen LogP contribution in [0.2, 0.25) is 0 Å². The Labute approximate surface area is 119 Å². The van der Waals surface area contributed by atoms with Crippen molar-refractivity contribution >= 4 is 23.0 Å². The van der Waals surface area contributed by atoms with E-state index in [9.17, 15) is 0 Å². The van der Waals surface area contributed by atoms with E-state index < -0.39 is 0 Å². The molecule has 19 heavy (non-hydrogen) atoms. The predicted molar refractivity (Wildman–Crippen MR) is 80.5 cm³/mol. The molecule has 1 aromatic rings. The van der Waals surface area contributed by atoms with E-state index in [0.29, 0.717) is 11.0 Å². The molecule has 102 valence electrons. The average molecular weight is 276 g/mol. The number of aromatic nitrogens is 2. The first-order chi connectivity index (χ1) is 9.08. The summed E-state index contributed by atoms with van der Waals surface area (Å²) in [4.78, 5) is 2.83. The molecule has 2 aliphatic carbocycles. The maximum Gasteiger partial charge on any atom is 0.162 e. The van der Waals surface area contributed by atoms with Crippen LogP contribution in [-0.2, 0) is 0 Å². The normalized spacial score (nSPS) is 18.4. The number of anilines is 1. The molecule has 0 spiro atoms. The first-order valence-electron chi connectivity index (χ1n) is 6.98. The van der Waals surface area contributed by atoms with Crippen molar-refractivity contribution in [2.75, 3.05) is 11.4 Å². The second-order valence-corrected chi connectivity index (χ2v) is 6.24. The third kappa shape index (κ3) is 2.56. The number of hydrogen-bond donors (Lipinski definition) is 1. The lowest BCUT2D eigenvalue weighted by Crippen LogP contribution is -2.32. The molecular formula is C14H20N4S. The molecule has 0 unspecified atom stereocenters. The van der Waals surface area contributed by atoms with Crippen molar-refractivity contribution in [3.63, 3.8) is 0 Å². The standard InChI is InChI=1S/C14H20N4S/c1-8-9(2)16-17-14(12(8)13(15)19)18(11-5-6-11)7-10-3-4-10/h10-11H,3-7H2,1-2H3,(H2,15,19). The molecule has 1 heterocycles. The number of rotatable bonds is 5. The molecule has 3 rings (SSSR count). The fraction of sp³-hybridized carbons (Fsp3) is 0.643. The molecule has 4 nitrogen and oxygen atoms in total. The van der Waals surface area contributed by atoms with Gasteiger partial charge in [-0.15, -0.1) is 5.10 Å². The summed E-state index contributed by atoms with van der Waals surface area (Å²) < 4.78 is 0. The van der Waals surface area contributed by atoms with Crippen LogP contribution in [0.4, 0.5) is 5.82 Å². The average Bonchev–Trinajstić information content (AvgIpc) is 3.23. The van der Waals surface area contributed by atoms with Gasteiger partial charge in [0.25, 0.3) is 0 Å². The molecule has 2 aliphatic rings. The highest BCUT2D eigenvalue weighted by Gasteiger charge is 2.36. The zero-order valence-electron chi connectivity index (χ0n) is 11.5. The summed E-state index contributed by atoms with van der Waals surface area (Å²) in [6.45, 7) is 5.07. The Balaban J connectivity index is 2.01. The second kappa shape index (κ2) is 4.71. The van der Waals surface area contributed by atoms with Crippen molar-refractivity contribution in [2.45, 2.75) is 45.6 Å². The number of nitrogens with zero attached hydrogens (tertiary/aromatic N) is 3. The molecule has 0 atom stereocenters. The van der Waals surface area contributed by atoms with Gasteiger partial charge < -0.3 is 10.6 Å². The summed E-state index contributed by atoms with van der Waals surface area (Å²) in [5.41, 5.74) is 8.83. The number of hydrogen-bond acceptors (Lipinski definition) is 4. The van der Waals surface area contributed by atoms with E-state index >= 15 is 0 Å². The third-order valence-electron chi connectivity index (χ3n) is 4.09. The number of aryl methyl sites for hydroxylation is 1. The highest BCUT2D eigenvalue weighted by molar-refractivity contribution is 7.80. The van der Waals surface area contributed by atoms with Gasteiger partial charge >= 0.3 is 0 Å². The van der Waals surface area contributed by atoms with Crippen LogP contribution in [-0.4, -0.2) is 27.8 Å². The van der Waals surface area contributed by atoms with Crippen LogP contribution >= 0.6 is 12.2 Å². The molecule has 0 radical (unpaired) electrons. The van der Waals surface area contributed by atoms with Crippen molar-refractivity contribution < 1.29 is 0 Å². The van der Waals surface area contributed by atoms with Gasteiger partial charge in [-0.2, -0.15) is 5.10 Å². The molecule has 2 saturated carbocycles. The third-order valence-corrected chi connectivity index (χ3v) is 4.30. The molecule has 5 heteroatoms. The van der Waals surface area contributed by atoms with Crippen molar-refractivity contribution in [3.05, 3.63) is 16.8 Å². The van der Waals surface area contributed by atoms with Gasteiger partial charge in [0.15, 0.2) is 5.82 Å². The molecule has 0 aliphatic heterocycles. The smallest absolute Gasteiger partial charge is 0.162 e. The van der Waals surface area contributed by atoms with Crippen LogP contribution in [0.15, 0.2) is 0 Å². The van der Waals surface area contributed by atoms with E-state index in [0.717, 1.165) is 35.1 Å². The molecular weight excluding hydrogens is 256 g/mol. The van der Waals surface area contributed by atoms with E-state index in [1.54, 1.807) is 0 Å². The quantitative estimate of drug-likeness (QED) is 0.835. The van der Waals surface area contributed by atoms with Gasteiger partial charge in [-0.25, -0.2) is 0 Å². The summed E-state index contributed by atoms with van der Waals surface area (Å²) in [5.74, 6) is 1.73. The molecule has 2 fully saturated rings. The van der Waals surface area contributed by atoms with E-state index in [1.165, 1.54) is 25.7 Å². The van der Waals surface area contributed by atoms with Crippen molar-refractivity contribution in [2.24, 2.45) is 11.7 Å². The topological polar surface area (TPSA) is 55.0 Å². The van der Waals surface area contributed by atoms with Crippen molar-refractivity contribution in [1.82, 2.24) is 10.2 Å². The lowest BCUT2D eigenvalue weighted by Gasteiger charge is -2.26. The fourth-order valence-electron chi connectivity index (χ4n) is 2.47. The molecule has 0 amide bonds. The minimum Gasteiger partial charge on any atom is -0.389 e. The van der Waals surface area contributed by atoms with E-state index in [4.69, 9.17) is 18.0 Å². The zero-order chi connectivity index (χ0) is 13.6. The number of nitrogens with two attached hydrogens (primary N) is 1. The molecule has 1 aromatic heterocycles. The SMILES string of the molecule is Cc1nnc(N(CC2CC2)C2CC2)c(C(N)=S)c1C. The Hall–Kier alpha value is -1.23. The van der Waals surface area contributed by atoms with Crippen LogP contribution in [0.1, 0.15) is 42.5 Å². The molecule has 2 N–H and O–H groups in total. The lowest BCUT2D eigenvalue weighted by molar-refractivity contribution is 0.698. The Bertz CT molecular complexity index is 520. The Kier molecular flexibility index (Phi) is 3.17. The highest BCUT2D eigenvalue weighted by Crippen LogP contribution is 2.38. The molecule has 0 saturated heterocycles. The number of thiocarbonyl (C=S) groups is 1. The monoisotopic (exact) mass is 276 g/mol. The van der Waals surface area contributed by atoms with Crippen molar-refractivity contribution in [1.29, 1.82) is 0 Å². The lowest BCUT2D eigenvalue weighted by atomic mass is 10.1. The molecule has 0 aromatic carbocycles. The van der Waals surface area contributed by atoms with Gasteiger partial charge in [-0.05, 0) is 51.0 Å². The Morgan fingerprint density at radius 1 is 1.26 bits per heavy atom. The van der Waals surface area contributed by atoms with Crippen LogP contribution < -0.4 is 10.6 Å². The maximum absolute atomic E-state index is 5.93. The summed E-state index contributed by atoms with van der Waals surface area (Å²) in [6.07, 6.45) is 5.17. The minimum atomic E-state index is 0.437. The van der Waals surface area contributed by atoms with Crippen LogP contribution in [0.5, 0.6) is 0 Å². The van der Waals surface area contributed by atoms with Gasteiger partial charge in [-0.3, -0.25) is 0 Å². The van der Waals surface area contributed by atoms with Gasteiger partial charge in [0.1, 0.15) is 4.99 Å². The Morgan fingerprint density at radius 2 is 1.95 bits per heavy atom. The van der Waals surface area contributed by atoms with E-state index in [-0.39, 0.29) is 0 Å². The summed E-state index contributed by atoms with van der Waals surface area (Å²) in [5, 5.41) is 8.68. The van der Waals surface area contributed by atoms with Crippen LogP contribution in [0.3, 0.4) is 0 Å². The largest absolute Gasteiger partial charge is 0.389 e. The zero-order valence-corrected chi connectivity index (χ0v) is 12.3. The summed E-state index contributed by atoms with van der Waals surface area (Å²) in [7, 11) is 0. The van der Waals surface area contributed by atoms with Gasteiger partial charge in [-0.1, -0.05) is 12.2 Å². The Morgan fingerprint density at radius 3 is 2.47 bits per heavy atom. The summed E-state index contributed by atoms with van der Waals surface area (Å²) >= 11 is 5.24. The van der Waals surface area contributed by atoms with E-state index in [2.05, 4.69) is 15.1 Å². The van der Waals surface area contributed by atoms with Gasteiger partial charge in [0.05, 0.1) is 11.3 Å². The van der Waals surface area contributed by atoms with Gasteiger partial charge in [0.2, 0.25) is 0 Å². The highest BCUT2D eigenvalue weighted by atomic mass is 32.1. The minimum absolute atomic E-state index is 0.437.